The van der Waals surface area contributed by atoms with Crippen molar-refractivity contribution in [3.05, 3.63) is 59.0 Å². The molecule has 5 heteroatoms. The molecule has 1 unspecified atom stereocenters. The minimum Gasteiger partial charge on any atom is -0.469 e. The second-order valence-electron chi connectivity index (χ2n) is 5.03. The summed E-state index contributed by atoms with van der Waals surface area (Å²) in [6, 6.07) is 11.1. The Labute approximate surface area is 135 Å². The fraction of sp³-hybridized carbons (Fsp3) is 0.353. The summed E-state index contributed by atoms with van der Waals surface area (Å²) in [5.41, 5.74) is 0.921. The number of hydrogen-bond acceptors (Lipinski definition) is 3. The fourth-order valence-electron chi connectivity index (χ4n) is 2.24. The van der Waals surface area contributed by atoms with Gasteiger partial charge >= 0.3 is 0 Å². The topological polar surface area (TPSA) is 51.5 Å². The van der Waals surface area contributed by atoms with Gasteiger partial charge in [0.2, 0.25) is 5.91 Å². The number of hydrogen-bond donors (Lipinski definition) is 1. The first-order chi connectivity index (χ1) is 10.7. The molecule has 1 atom stereocenters. The Hall–Kier alpha value is -1.78. The highest BCUT2D eigenvalue weighted by Crippen LogP contribution is 2.23. The second-order valence-corrected chi connectivity index (χ2v) is 5.46. The van der Waals surface area contributed by atoms with Crippen molar-refractivity contribution < 1.29 is 13.9 Å². The SMILES string of the molecule is COCCCNC(=O)C(Cc1ccco1)c1ccc(Cl)cc1. The monoisotopic (exact) mass is 321 g/mol. The van der Waals surface area contributed by atoms with E-state index in [1.807, 2.05) is 24.3 Å². The Bertz CT molecular complexity index is 566. The average molecular weight is 322 g/mol. The first-order valence-corrected chi connectivity index (χ1v) is 7.63. The average Bonchev–Trinajstić information content (AvgIpc) is 3.03. The van der Waals surface area contributed by atoms with E-state index >= 15 is 0 Å². The summed E-state index contributed by atoms with van der Waals surface area (Å²) >= 11 is 5.92. The molecular weight excluding hydrogens is 302 g/mol. The minimum absolute atomic E-state index is 0.0187. The molecule has 1 N–H and O–H groups in total. The van der Waals surface area contributed by atoms with Crippen molar-refractivity contribution in [1.82, 2.24) is 5.32 Å². The van der Waals surface area contributed by atoms with E-state index in [1.54, 1.807) is 25.5 Å². The lowest BCUT2D eigenvalue weighted by atomic mass is 9.93. The summed E-state index contributed by atoms with van der Waals surface area (Å²) in [5.74, 6) is 0.466. The first-order valence-electron chi connectivity index (χ1n) is 7.25. The van der Waals surface area contributed by atoms with Gasteiger partial charge < -0.3 is 14.5 Å². The number of methoxy groups -OCH3 is 1. The molecule has 0 spiro atoms. The van der Waals surface area contributed by atoms with Gasteiger partial charge in [0.05, 0.1) is 12.2 Å². The number of benzene rings is 1. The van der Waals surface area contributed by atoms with Crippen LogP contribution in [0.2, 0.25) is 5.02 Å². The van der Waals surface area contributed by atoms with Gasteiger partial charge in [0.15, 0.2) is 0 Å². The lowest BCUT2D eigenvalue weighted by Crippen LogP contribution is -2.31. The van der Waals surface area contributed by atoms with Crippen molar-refractivity contribution in [2.45, 2.75) is 18.8 Å². The van der Waals surface area contributed by atoms with Crippen LogP contribution in [0.15, 0.2) is 47.1 Å². The molecule has 1 amide bonds. The molecule has 0 fully saturated rings. The zero-order chi connectivity index (χ0) is 15.8. The molecule has 0 aliphatic carbocycles. The van der Waals surface area contributed by atoms with Crippen LogP contribution in [0.1, 0.15) is 23.7 Å². The number of amides is 1. The molecule has 118 valence electrons. The largest absolute Gasteiger partial charge is 0.469 e. The number of rotatable bonds is 8. The van der Waals surface area contributed by atoms with Crippen LogP contribution in [0.3, 0.4) is 0 Å². The van der Waals surface area contributed by atoms with Crippen LogP contribution in [-0.4, -0.2) is 26.2 Å². The summed E-state index contributed by atoms with van der Waals surface area (Å²) < 4.78 is 10.4. The summed E-state index contributed by atoms with van der Waals surface area (Å²) in [6.45, 7) is 1.22. The van der Waals surface area contributed by atoms with Gasteiger partial charge in [-0.3, -0.25) is 4.79 Å². The van der Waals surface area contributed by atoms with Crippen molar-refractivity contribution in [3.8, 4) is 0 Å². The smallest absolute Gasteiger partial charge is 0.228 e. The number of halogens is 1. The fourth-order valence-corrected chi connectivity index (χ4v) is 2.36. The van der Waals surface area contributed by atoms with E-state index in [2.05, 4.69) is 5.32 Å². The van der Waals surface area contributed by atoms with E-state index in [0.29, 0.717) is 24.6 Å². The molecule has 0 radical (unpaired) electrons. The molecule has 0 aliphatic rings. The normalized spacial score (nSPS) is 12.1. The van der Waals surface area contributed by atoms with Gasteiger partial charge in [0, 0.05) is 31.7 Å². The van der Waals surface area contributed by atoms with Crippen LogP contribution < -0.4 is 5.32 Å². The molecule has 1 aromatic carbocycles. The predicted molar refractivity (Wildman–Crippen MR) is 86.1 cm³/mol. The van der Waals surface area contributed by atoms with E-state index in [4.69, 9.17) is 20.8 Å². The van der Waals surface area contributed by atoms with Crippen LogP contribution in [0.25, 0.3) is 0 Å². The highest BCUT2D eigenvalue weighted by molar-refractivity contribution is 6.30. The lowest BCUT2D eigenvalue weighted by Gasteiger charge is -2.16. The Morgan fingerprint density at radius 1 is 1.32 bits per heavy atom. The van der Waals surface area contributed by atoms with Crippen molar-refractivity contribution in [2.75, 3.05) is 20.3 Å². The van der Waals surface area contributed by atoms with Crippen molar-refractivity contribution in [2.24, 2.45) is 0 Å². The summed E-state index contributed by atoms with van der Waals surface area (Å²) in [7, 11) is 1.65. The third-order valence-electron chi connectivity index (χ3n) is 3.40. The van der Waals surface area contributed by atoms with Crippen molar-refractivity contribution in [1.29, 1.82) is 0 Å². The zero-order valence-electron chi connectivity index (χ0n) is 12.5. The number of ether oxygens (including phenoxy) is 1. The molecule has 1 aromatic heterocycles. The van der Waals surface area contributed by atoms with Crippen molar-refractivity contribution in [3.63, 3.8) is 0 Å². The molecule has 0 bridgehead atoms. The lowest BCUT2D eigenvalue weighted by molar-refractivity contribution is -0.122. The molecule has 2 aromatic rings. The maximum absolute atomic E-state index is 12.5. The maximum atomic E-state index is 12.5. The van der Waals surface area contributed by atoms with E-state index < -0.39 is 0 Å². The van der Waals surface area contributed by atoms with Crippen LogP contribution >= 0.6 is 11.6 Å². The molecule has 0 saturated carbocycles. The summed E-state index contributed by atoms with van der Waals surface area (Å²) in [6.07, 6.45) is 2.92. The van der Waals surface area contributed by atoms with Crippen molar-refractivity contribution >= 4 is 17.5 Å². The second kappa shape index (κ2) is 8.61. The maximum Gasteiger partial charge on any atom is 0.228 e. The van der Waals surface area contributed by atoms with Gasteiger partial charge in [-0.05, 0) is 36.2 Å². The molecule has 0 aliphatic heterocycles. The van der Waals surface area contributed by atoms with Crippen LogP contribution in [-0.2, 0) is 16.0 Å². The van der Waals surface area contributed by atoms with Crippen LogP contribution in [0.4, 0.5) is 0 Å². The van der Waals surface area contributed by atoms with Gasteiger partial charge in [0.25, 0.3) is 0 Å². The minimum atomic E-state index is -0.300. The Morgan fingerprint density at radius 3 is 2.73 bits per heavy atom. The number of carbonyl (C=O) groups excluding carboxylic acids is 1. The zero-order valence-corrected chi connectivity index (χ0v) is 13.3. The van der Waals surface area contributed by atoms with Gasteiger partial charge in [-0.25, -0.2) is 0 Å². The molecule has 4 nitrogen and oxygen atoms in total. The summed E-state index contributed by atoms with van der Waals surface area (Å²) in [5, 5.41) is 3.60. The standard InChI is InChI=1S/C17H20ClNO3/c1-21-10-3-9-19-17(20)16(12-15-4-2-11-22-15)13-5-7-14(18)8-6-13/h2,4-8,11,16H,3,9-10,12H2,1H3,(H,19,20). The number of carbonyl (C=O) groups is 1. The van der Waals surface area contributed by atoms with E-state index in [-0.39, 0.29) is 11.8 Å². The highest BCUT2D eigenvalue weighted by Gasteiger charge is 2.22. The van der Waals surface area contributed by atoms with Gasteiger partial charge in [-0.2, -0.15) is 0 Å². The predicted octanol–water partition coefficient (Wildman–Crippen LogP) is 3.41. The first kappa shape index (κ1) is 16.6. The van der Waals surface area contributed by atoms with Crippen LogP contribution in [0.5, 0.6) is 0 Å². The Balaban J connectivity index is 2.07. The molecule has 0 saturated heterocycles. The Morgan fingerprint density at radius 2 is 2.09 bits per heavy atom. The third-order valence-corrected chi connectivity index (χ3v) is 3.65. The van der Waals surface area contributed by atoms with Gasteiger partial charge in [0.1, 0.15) is 5.76 Å². The highest BCUT2D eigenvalue weighted by atomic mass is 35.5. The van der Waals surface area contributed by atoms with Gasteiger partial charge in [-0.15, -0.1) is 0 Å². The van der Waals surface area contributed by atoms with Gasteiger partial charge in [-0.1, -0.05) is 23.7 Å². The molecule has 1 heterocycles. The number of furan rings is 1. The number of nitrogens with one attached hydrogen (secondary N) is 1. The molecular formula is C17H20ClNO3. The van der Waals surface area contributed by atoms with E-state index in [9.17, 15) is 4.79 Å². The van der Waals surface area contributed by atoms with E-state index in [1.165, 1.54) is 0 Å². The Kier molecular flexibility index (Phi) is 6.49. The quantitative estimate of drug-likeness (QED) is 0.758. The molecule has 2 rings (SSSR count). The third kappa shape index (κ3) is 4.90. The molecule has 22 heavy (non-hydrogen) atoms. The summed E-state index contributed by atoms with van der Waals surface area (Å²) in [4.78, 5) is 12.5. The van der Waals surface area contributed by atoms with E-state index in [0.717, 1.165) is 17.7 Å². The van der Waals surface area contributed by atoms with Crippen LogP contribution in [0, 0.1) is 0 Å².